The zero-order valence-electron chi connectivity index (χ0n) is 13.9. The van der Waals surface area contributed by atoms with Crippen LogP contribution in [0.15, 0.2) is 0 Å². The molecule has 118 valence electrons. The van der Waals surface area contributed by atoms with Crippen LogP contribution in [-0.4, -0.2) is 61.2 Å². The molecular weight excluding hydrogens is 246 g/mol. The van der Waals surface area contributed by atoms with Crippen LogP contribution in [-0.2, 0) is 0 Å². The molecule has 0 spiro atoms. The van der Waals surface area contributed by atoms with Gasteiger partial charge >= 0.3 is 0 Å². The first-order valence-corrected chi connectivity index (χ1v) is 8.90. The van der Waals surface area contributed by atoms with E-state index in [-0.39, 0.29) is 0 Å². The Balaban J connectivity index is 2.06. The number of nitrogens with zero attached hydrogens (tertiary/aromatic N) is 2. The average Bonchev–Trinajstić information content (AvgIpc) is 2.55. The van der Waals surface area contributed by atoms with E-state index < -0.39 is 0 Å². The summed E-state index contributed by atoms with van der Waals surface area (Å²) >= 11 is 0. The lowest BCUT2D eigenvalue weighted by Crippen LogP contribution is -2.54. The summed E-state index contributed by atoms with van der Waals surface area (Å²) in [4.78, 5) is 5.35. The molecule has 2 fully saturated rings. The summed E-state index contributed by atoms with van der Waals surface area (Å²) in [6, 6.07) is 2.18. The Hall–Kier alpha value is -0.120. The minimum atomic E-state index is 0.702. The van der Waals surface area contributed by atoms with Gasteiger partial charge in [0.15, 0.2) is 0 Å². The van der Waals surface area contributed by atoms with Gasteiger partial charge in [0, 0.05) is 31.2 Å². The molecule has 2 rings (SSSR count). The summed E-state index contributed by atoms with van der Waals surface area (Å²) in [5.41, 5.74) is 0. The molecule has 2 aliphatic rings. The Bertz CT molecular complexity index is 269. The lowest BCUT2D eigenvalue weighted by atomic mass is 9.90. The molecule has 1 saturated heterocycles. The fourth-order valence-corrected chi connectivity index (χ4v) is 4.25. The molecule has 1 aliphatic carbocycles. The summed E-state index contributed by atoms with van der Waals surface area (Å²) in [5.74, 6) is 0. The van der Waals surface area contributed by atoms with Crippen LogP contribution in [0.1, 0.15) is 58.8 Å². The van der Waals surface area contributed by atoms with Crippen molar-refractivity contribution in [2.24, 2.45) is 0 Å². The number of hydrogen-bond donors (Lipinski definition) is 1. The zero-order chi connectivity index (χ0) is 14.4. The van der Waals surface area contributed by atoms with E-state index in [9.17, 15) is 0 Å². The Morgan fingerprint density at radius 1 is 1.00 bits per heavy atom. The number of likely N-dealkylation sites (N-methyl/N-ethyl adjacent to an activating group) is 2. The van der Waals surface area contributed by atoms with Crippen molar-refractivity contribution in [3.63, 3.8) is 0 Å². The van der Waals surface area contributed by atoms with Crippen molar-refractivity contribution in [1.82, 2.24) is 15.1 Å². The van der Waals surface area contributed by atoms with Gasteiger partial charge in [-0.15, -0.1) is 0 Å². The van der Waals surface area contributed by atoms with Crippen molar-refractivity contribution in [2.75, 3.05) is 33.2 Å². The predicted molar refractivity (Wildman–Crippen MR) is 87.2 cm³/mol. The minimum absolute atomic E-state index is 0.702. The van der Waals surface area contributed by atoms with Crippen LogP contribution in [0.2, 0.25) is 0 Å². The molecule has 0 aromatic carbocycles. The van der Waals surface area contributed by atoms with Gasteiger partial charge in [0.05, 0.1) is 0 Å². The molecule has 1 heterocycles. The first-order valence-electron chi connectivity index (χ1n) is 8.90. The molecule has 0 bridgehead atoms. The van der Waals surface area contributed by atoms with E-state index in [0.29, 0.717) is 12.1 Å². The van der Waals surface area contributed by atoms with Gasteiger partial charge < -0.3 is 10.2 Å². The molecule has 0 radical (unpaired) electrons. The van der Waals surface area contributed by atoms with Gasteiger partial charge in [-0.3, -0.25) is 4.90 Å². The minimum Gasteiger partial charge on any atom is -0.313 e. The Labute approximate surface area is 126 Å². The van der Waals surface area contributed by atoms with Gasteiger partial charge in [-0.2, -0.15) is 0 Å². The smallest absolute Gasteiger partial charge is 0.0252 e. The summed E-state index contributed by atoms with van der Waals surface area (Å²) in [7, 11) is 2.28. The maximum absolute atomic E-state index is 3.80. The first-order chi connectivity index (χ1) is 9.72. The third kappa shape index (κ3) is 4.44. The SMILES string of the molecule is CCNC1CCCCCCC1N1CCCN(C)CC1C. The highest BCUT2D eigenvalue weighted by Gasteiger charge is 2.31. The molecule has 3 unspecified atom stereocenters. The Morgan fingerprint density at radius 3 is 2.50 bits per heavy atom. The maximum Gasteiger partial charge on any atom is 0.0252 e. The average molecular weight is 281 g/mol. The molecule has 3 atom stereocenters. The third-order valence-electron chi connectivity index (χ3n) is 5.22. The summed E-state index contributed by atoms with van der Waals surface area (Å²) < 4.78 is 0. The number of hydrogen-bond acceptors (Lipinski definition) is 3. The molecule has 0 amide bonds. The van der Waals surface area contributed by atoms with Crippen LogP contribution >= 0.6 is 0 Å². The van der Waals surface area contributed by atoms with Crippen LogP contribution in [0.4, 0.5) is 0 Å². The Morgan fingerprint density at radius 2 is 1.75 bits per heavy atom. The second-order valence-corrected chi connectivity index (χ2v) is 6.93. The van der Waals surface area contributed by atoms with Crippen molar-refractivity contribution in [3.05, 3.63) is 0 Å². The van der Waals surface area contributed by atoms with E-state index in [4.69, 9.17) is 0 Å². The fraction of sp³-hybridized carbons (Fsp3) is 1.00. The molecule has 3 nitrogen and oxygen atoms in total. The number of nitrogens with one attached hydrogen (secondary N) is 1. The first kappa shape index (κ1) is 16.3. The molecule has 1 saturated carbocycles. The van der Waals surface area contributed by atoms with E-state index in [0.717, 1.165) is 12.6 Å². The van der Waals surface area contributed by atoms with Gasteiger partial charge in [0.25, 0.3) is 0 Å². The van der Waals surface area contributed by atoms with E-state index in [1.807, 2.05) is 0 Å². The van der Waals surface area contributed by atoms with Gasteiger partial charge in [-0.25, -0.2) is 0 Å². The summed E-state index contributed by atoms with van der Waals surface area (Å²) in [6.07, 6.45) is 9.81. The van der Waals surface area contributed by atoms with Crippen LogP contribution in [0, 0.1) is 0 Å². The van der Waals surface area contributed by atoms with Crippen molar-refractivity contribution >= 4 is 0 Å². The van der Waals surface area contributed by atoms with Crippen LogP contribution in [0.3, 0.4) is 0 Å². The van der Waals surface area contributed by atoms with Crippen molar-refractivity contribution < 1.29 is 0 Å². The van der Waals surface area contributed by atoms with Crippen molar-refractivity contribution in [2.45, 2.75) is 76.9 Å². The fourth-order valence-electron chi connectivity index (χ4n) is 4.25. The lowest BCUT2D eigenvalue weighted by molar-refractivity contribution is 0.0961. The van der Waals surface area contributed by atoms with Crippen molar-refractivity contribution in [3.8, 4) is 0 Å². The topological polar surface area (TPSA) is 18.5 Å². The van der Waals surface area contributed by atoms with E-state index in [1.165, 1.54) is 64.6 Å². The van der Waals surface area contributed by atoms with E-state index >= 15 is 0 Å². The second kappa shape index (κ2) is 8.35. The van der Waals surface area contributed by atoms with Crippen LogP contribution in [0.5, 0.6) is 0 Å². The molecule has 1 N–H and O–H groups in total. The highest BCUT2D eigenvalue weighted by Crippen LogP contribution is 2.25. The third-order valence-corrected chi connectivity index (χ3v) is 5.22. The molecular formula is C17H35N3. The molecule has 0 aromatic heterocycles. The van der Waals surface area contributed by atoms with Crippen LogP contribution in [0.25, 0.3) is 0 Å². The standard InChI is InChI=1S/C17H35N3/c1-4-18-16-10-7-5-6-8-11-17(16)20-13-9-12-19(3)14-15(20)2/h15-18H,4-14H2,1-3H3. The quantitative estimate of drug-likeness (QED) is 0.858. The van der Waals surface area contributed by atoms with Gasteiger partial charge in [-0.1, -0.05) is 32.6 Å². The largest absolute Gasteiger partial charge is 0.313 e. The lowest BCUT2D eigenvalue weighted by Gasteiger charge is -2.41. The summed E-state index contributed by atoms with van der Waals surface area (Å²) in [5, 5.41) is 3.80. The normalized spacial score (nSPS) is 35.2. The molecule has 1 aliphatic heterocycles. The highest BCUT2D eigenvalue weighted by molar-refractivity contribution is 4.90. The van der Waals surface area contributed by atoms with E-state index in [1.54, 1.807) is 0 Å². The zero-order valence-corrected chi connectivity index (χ0v) is 13.9. The van der Waals surface area contributed by atoms with E-state index in [2.05, 4.69) is 36.0 Å². The molecule has 0 aromatic rings. The number of rotatable bonds is 3. The van der Waals surface area contributed by atoms with Gasteiger partial charge in [0.1, 0.15) is 0 Å². The van der Waals surface area contributed by atoms with Gasteiger partial charge in [0.2, 0.25) is 0 Å². The van der Waals surface area contributed by atoms with Crippen LogP contribution < -0.4 is 5.32 Å². The van der Waals surface area contributed by atoms with Gasteiger partial charge in [-0.05, 0) is 46.3 Å². The molecule has 20 heavy (non-hydrogen) atoms. The Kier molecular flexibility index (Phi) is 6.79. The monoisotopic (exact) mass is 281 g/mol. The molecule has 3 heteroatoms. The summed E-state index contributed by atoms with van der Waals surface area (Å²) in [6.45, 7) is 9.59. The predicted octanol–water partition coefficient (Wildman–Crippen LogP) is 2.71. The highest BCUT2D eigenvalue weighted by atomic mass is 15.3. The van der Waals surface area contributed by atoms with Crippen molar-refractivity contribution in [1.29, 1.82) is 0 Å². The maximum atomic E-state index is 3.80. The second-order valence-electron chi connectivity index (χ2n) is 6.93.